The van der Waals surface area contributed by atoms with Crippen molar-refractivity contribution >= 4 is 11.6 Å². The summed E-state index contributed by atoms with van der Waals surface area (Å²) in [5.41, 5.74) is 6.19. The minimum Gasteiger partial charge on any atom is -0.396 e. The molecule has 0 radical (unpaired) electrons. The Morgan fingerprint density at radius 3 is 2.76 bits per heavy atom. The zero-order chi connectivity index (χ0) is 12.3. The number of hydrogen-bond donors (Lipinski definition) is 1. The summed E-state index contributed by atoms with van der Waals surface area (Å²) in [5.74, 6) is 1.14. The maximum absolute atomic E-state index is 5.57. The van der Waals surface area contributed by atoms with Gasteiger partial charge in [0.2, 0.25) is 5.89 Å². The molecule has 0 saturated carbocycles. The second-order valence-corrected chi connectivity index (χ2v) is 3.63. The summed E-state index contributed by atoms with van der Waals surface area (Å²) >= 11 is 0. The van der Waals surface area contributed by atoms with E-state index in [1.54, 1.807) is 17.1 Å². The van der Waals surface area contributed by atoms with E-state index < -0.39 is 0 Å². The van der Waals surface area contributed by atoms with E-state index in [0.717, 1.165) is 13.1 Å². The fraction of sp³-hybridized carbons (Fsp3) is 0.500. The normalized spacial score (nSPS) is 10.7. The molecule has 2 rings (SSSR count). The van der Waals surface area contributed by atoms with Crippen LogP contribution in [0.5, 0.6) is 0 Å². The molecule has 0 unspecified atom stereocenters. The van der Waals surface area contributed by atoms with Crippen LogP contribution >= 0.6 is 0 Å². The van der Waals surface area contributed by atoms with Crippen molar-refractivity contribution in [2.45, 2.75) is 20.4 Å². The highest BCUT2D eigenvalue weighted by molar-refractivity contribution is 5.30. The zero-order valence-electron chi connectivity index (χ0n) is 10.00. The number of rotatable bonds is 5. The van der Waals surface area contributed by atoms with Gasteiger partial charge < -0.3 is 15.2 Å². The minimum atomic E-state index is 0.436. The van der Waals surface area contributed by atoms with E-state index >= 15 is 0 Å². The molecule has 17 heavy (non-hydrogen) atoms. The van der Waals surface area contributed by atoms with E-state index in [1.165, 1.54) is 0 Å². The maximum Gasteiger partial charge on any atom is 0.266 e. The molecule has 0 spiro atoms. The molecule has 0 bridgehead atoms. The van der Waals surface area contributed by atoms with Crippen molar-refractivity contribution in [2.24, 2.45) is 0 Å². The SMILES string of the molecule is CCN(CC)c1noc(Cn2cc(N)cn2)n1. The molecule has 0 atom stereocenters. The number of nitrogen functional groups attached to an aromatic ring is 1. The molecule has 2 aromatic rings. The first-order valence-electron chi connectivity index (χ1n) is 5.58. The summed E-state index contributed by atoms with van der Waals surface area (Å²) in [5, 5.41) is 7.98. The third-order valence-electron chi connectivity index (χ3n) is 2.45. The van der Waals surface area contributed by atoms with Crippen molar-refractivity contribution in [1.29, 1.82) is 0 Å². The lowest BCUT2D eigenvalue weighted by Gasteiger charge is -2.14. The summed E-state index contributed by atoms with van der Waals surface area (Å²) < 4.78 is 6.82. The van der Waals surface area contributed by atoms with Crippen LogP contribution in [0.25, 0.3) is 0 Å². The Morgan fingerprint density at radius 2 is 2.18 bits per heavy atom. The Labute approximate surface area is 99.2 Å². The second-order valence-electron chi connectivity index (χ2n) is 3.63. The Morgan fingerprint density at radius 1 is 1.41 bits per heavy atom. The first-order valence-corrected chi connectivity index (χ1v) is 5.58. The molecule has 0 aromatic carbocycles. The smallest absolute Gasteiger partial charge is 0.266 e. The molecule has 2 aromatic heterocycles. The van der Waals surface area contributed by atoms with Gasteiger partial charge in [-0.3, -0.25) is 4.68 Å². The Kier molecular flexibility index (Phi) is 3.27. The average Bonchev–Trinajstić information content (AvgIpc) is 2.91. The molecular weight excluding hydrogens is 220 g/mol. The molecule has 0 saturated heterocycles. The lowest BCUT2D eigenvalue weighted by molar-refractivity contribution is 0.365. The summed E-state index contributed by atoms with van der Waals surface area (Å²) in [6.07, 6.45) is 3.31. The summed E-state index contributed by atoms with van der Waals surface area (Å²) in [6, 6.07) is 0. The number of nitrogens with zero attached hydrogens (tertiary/aromatic N) is 5. The van der Waals surface area contributed by atoms with E-state index in [2.05, 4.69) is 15.2 Å². The monoisotopic (exact) mass is 236 g/mol. The highest BCUT2D eigenvalue weighted by Crippen LogP contribution is 2.10. The first kappa shape index (κ1) is 11.4. The summed E-state index contributed by atoms with van der Waals surface area (Å²) in [7, 11) is 0. The van der Waals surface area contributed by atoms with Crippen molar-refractivity contribution < 1.29 is 4.52 Å². The molecule has 7 heteroatoms. The van der Waals surface area contributed by atoms with Gasteiger partial charge in [0.15, 0.2) is 0 Å². The Bertz CT molecular complexity index is 473. The van der Waals surface area contributed by atoms with Gasteiger partial charge in [-0.1, -0.05) is 0 Å². The van der Waals surface area contributed by atoms with Gasteiger partial charge in [0.25, 0.3) is 5.95 Å². The lowest BCUT2D eigenvalue weighted by atomic mass is 10.5. The summed E-state index contributed by atoms with van der Waals surface area (Å²) in [4.78, 5) is 6.32. The lowest BCUT2D eigenvalue weighted by Crippen LogP contribution is -2.23. The number of anilines is 2. The van der Waals surface area contributed by atoms with Crippen molar-refractivity contribution in [2.75, 3.05) is 23.7 Å². The molecule has 0 aliphatic rings. The molecular formula is C10H16N6O. The van der Waals surface area contributed by atoms with Crippen LogP contribution in [-0.4, -0.2) is 33.0 Å². The van der Waals surface area contributed by atoms with Gasteiger partial charge in [-0.2, -0.15) is 10.1 Å². The Hall–Kier alpha value is -2.05. The zero-order valence-corrected chi connectivity index (χ0v) is 10.00. The fourth-order valence-electron chi connectivity index (χ4n) is 1.55. The highest BCUT2D eigenvalue weighted by atomic mass is 16.5. The van der Waals surface area contributed by atoms with Crippen LogP contribution < -0.4 is 10.6 Å². The van der Waals surface area contributed by atoms with Crippen LogP contribution in [0.4, 0.5) is 11.6 Å². The van der Waals surface area contributed by atoms with Gasteiger partial charge in [0.1, 0.15) is 6.54 Å². The van der Waals surface area contributed by atoms with Crippen molar-refractivity contribution in [3.8, 4) is 0 Å². The number of aromatic nitrogens is 4. The Balaban J connectivity index is 2.08. The topological polar surface area (TPSA) is 86.0 Å². The minimum absolute atomic E-state index is 0.436. The molecule has 2 heterocycles. The largest absolute Gasteiger partial charge is 0.396 e. The maximum atomic E-state index is 5.57. The van der Waals surface area contributed by atoms with Crippen LogP contribution in [0, 0.1) is 0 Å². The molecule has 92 valence electrons. The number of nitrogens with two attached hydrogens (primary N) is 1. The van der Waals surface area contributed by atoms with E-state index in [0.29, 0.717) is 24.1 Å². The predicted molar refractivity (Wildman–Crippen MR) is 63.6 cm³/mol. The van der Waals surface area contributed by atoms with Gasteiger partial charge in [-0.25, -0.2) is 0 Å². The van der Waals surface area contributed by atoms with Gasteiger partial charge >= 0.3 is 0 Å². The second kappa shape index (κ2) is 4.86. The standard InChI is InChI=1S/C10H16N6O/c1-3-15(4-2)10-13-9(17-14-10)7-16-6-8(11)5-12-16/h5-6H,3-4,7,11H2,1-2H3. The van der Waals surface area contributed by atoms with Crippen molar-refractivity contribution in [3.63, 3.8) is 0 Å². The molecule has 2 N–H and O–H groups in total. The van der Waals surface area contributed by atoms with Crippen molar-refractivity contribution in [3.05, 3.63) is 18.3 Å². The van der Waals surface area contributed by atoms with E-state index in [-0.39, 0.29) is 0 Å². The van der Waals surface area contributed by atoms with Crippen LogP contribution in [0.1, 0.15) is 19.7 Å². The third kappa shape index (κ3) is 2.55. The molecule has 0 aliphatic carbocycles. The average molecular weight is 236 g/mol. The van der Waals surface area contributed by atoms with Gasteiger partial charge in [-0.05, 0) is 19.0 Å². The van der Waals surface area contributed by atoms with E-state index in [4.69, 9.17) is 10.3 Å². The van der Waals surface area contributed by atoms with E-state index in [9.17, 15) is 0 Å². The van der Waals surface area contributed by atoms with Gasteiger partial charge in [0.05, 0.1) is 11.9 Å². The van der Waals surface area contributed by atoms with Crippen LogP contribution in [0.2, 0.25) is 0 Å². The molecule has 7 nitrogen and oxygen atoms in total. The fourth-order valence-corrected chi connectivity index (χ4v) is 1.55. The quantitative estimate of drug-likeness (QED) is 0.824. The van der Waals surface area contributed by atoms with Crippen LogP contribution in [-0.2, 0) is 6.54 Å². The van der Waals surface area contributed by atoms with Crippen LogP contribution in [0.15, 0.2) is 16.9 Å². The third-order valence-corrected chi connectivity index (χ3v) is 2.45. The van der Waals surface area contributed by atoms with Gasteiger partial charge in [0, 0.05) is 19.3 Å². The van der Waals surface area contributed by atoms with Crippen LogP contribution in [0.3, 0.4) is 0 Å². The first-order chi connectivity index (χ1) is 8.22. The number of hydrogen-bond acceptors (Lipinski definition) is 6. The van der Waals surface area contributed by atoms with Gasteiger partial charge in [-0.15, -0.1) is 0 Å². The predicted octanol–water partition coefficient (Wildman–Crippen LogP) is 0.743. The molecule has 0 aliphatic heterocycles. The molecule has 0 fully saturated rings. The molecule has 0 amide bonds. The van der Waals surface area contributed by atoms with Crippen molar-refractivity contribution in [1.82, 2.24) is 19.9 Å². The highest BCUT2D eigenvalue weighted by Gasteiger charge is 2.11. The van der Waals surface area contributed by atoms with E-state index in [1.807, 2.05) is 18.7 Å². The summed E-state index contributed by atoms with van der Waals surface area (Å²) in [6.45, 7) is 6.24.